The van der Waals surface area contributed by atoms with E-state index in [1.807, 2.05) is 9.80 Å². The van der Waals surface area contributed by atoms with Crippen LogP contribution in [-0.2, 0) is 28.6 Å². The Hall–Kier alpha value is -1.79. The van der Waals surface area contributed by atoms with Crippen molar-refractivity contribution in [2.75, 3.05) is 74.2 Å². The van der Waals surface area contributed by atoms with Gasteiger partial charge in [0.05, 0.1) is 27.3 Å². The van der Waals surface area contributed by atoms with Crippen LogP contribution in [0.25, 0.3) is 0 Å². The molecule has 2 N–H and O–H groups in total. The zero-order valence-corrected chi connectivity index (χ0v) is 18.3. The highest BCUT2D eigenvalue weighted by molar-refractivity contribution is 5.72. The van der Waals surface area contributed by atoms with Gasteiger partial charge in [-0.3, -0.25) is 29.1 Å². The Balaban J connectivity index is 3.07. The highest BCUT2D eigenvalue weighted by atomic mass is 16.6. The smallest absolute Gasteiger partial charge is 0.319 e. The van der Waals surface area contributed by atoms with Crippen molar-refractivity contribution in [2.45, 2.75) is 25.2 Å². The van der Waals surface area contributed by atoms with E-state index in [0.717, 1.165) is 0 Å². The van der Waals surface area contributed by atoms with Crippen LogP contribution in [0.15, 0.2) is 0 Å². The van der Waals surface area contributed by atoms with Gasteiger partial charge in [0, 0.05) is 52.3 Å². The molecule has 11 nitrogen and oxygen atoms in total. The first-order valence-electron chi connectivity index (χ1n) is 9.91. The van der Waals surface area contributed by atoms with E-state index in [1.54, 1.807) is 11.9 Å². The zero-order valence-electron chi connectivity index (χ0n) is 18.3. The van der Waals surface area contributed by atoms with Gasteiger partial charge in [0.1, 0.15) is 0 Å². The topological polar surface area (TPSA) is 129 Å². The molecule has 0 amide bonds. The summed E-state index contributed by atoms with van der Waals surface area (Å²) in [5.41, 5.74) is 0. The fourth-order valence-electron chi connectivity index (χ4n) is 3.75. The number of hydrogen-bond donors (Lipinski definition) is 2. The molecule has 1 heterocycles. The number of aliphatic carboxylic acids is 1. The first kappa shape index (κ1) is 26.2. The lowest BCUT2D eigenvalue weighted by Crippen LogP contribution is -2.48. The van der Waals surface area contributed by atoms with Crippen molar-refractivity contribution < 1.29 is 38.8 Å². The van der Waals surface area contributed by atoms with E-state index >= 15 is 0 Å². The van der Waals surface area contributed by atoms with Crippen LogP contribution in [0.2, 0.25) is 0 Å². The van der Waals surface area contributed by atoms with Crippen molar-refractivity contribution in [3.05, 3.63) is 0 Å². The minimum Gasteiger partial charge on any atom is -0.481 e. The summed E-state index contributed by atoms with van der Waals surface area (Å²) in [7, 11) is 5.81. The van der Waals surface area contributed by atoms with E-state index in [2.05, 4.69) is 0 Å². The summed E-state index contributed by atoms with van der Waals surface area (Å²) in [6.07, 6.45) is -0.673. The molecular formula is C19H35N3O8. The van der Waals surface area contributed by atoms with Crippen LogP contribution in [0.1, 0.15) is 12.8 Å². The fourth-order valence-corrected chi connectivity index (χ4v) is 3.75. The minimum atomic E-state index is -0.955. The monoisotopic (exact) mass is 433 g/mol. The van der Waals surface area contributed by atoms with Crippen LogP contribution >= 0.6 is 0 Å². The Morgan fingerprint density at radius 1 is 1.07 bits per heavy atom. The van der Waals surface area contributed by atoms with Gasteiger partial charge in [-0.2, -0.15) is 0 Å². The molecule has 1 aliphatic heterocycles. The number of carboxylic acids is 1. The zero-order chi connectivity index (χ0) is 22.7. The number of hydrogen-bond acceptors (Lipinski definition) is 10. The molecule has 0 aliphatic carbocycles. The second kappa shape index (κ2) is 13.5. The molecule has 1 aliphatic rings. The van der Waals surface area contributed by atoms with E-state index in [-0.39, 0.29) is 44.0 Å². The van der Waals surface area contributed by atoms with Gasteiger partial charge in [0.15, 0.2) is 6.29 Å². The quantitative estimate of drug-likeness (QED) is 0.281. The molecule has 0 bridgehead atoms. The summed E-state index contributed by atoms with van der Waals surface area (Å²) in [5.74, 6) is -1.78. The molecule has 0 aromatic carbocycles. The summed E-state index contributed by atoms with van der Waals surface area (Å²) in [6, 6.07) is -0.249. The Bertz CT molecular complexity index is 562. The standard InChI is InChI=1S/C19H35N3O8/c1-20(11-17(25)28-2)15(5-6-16(23)24)14-9-21(12-18(26)29-3)7-8-22(10-14)13-19(27)30-4/h14-15,18,26H,5-13H2,1-4H3,(H,23,24). The molecule has 174 valence electrons. The van der Waals surface area contributed by atoms with E-state index in [1.165, 1.54) is 21.3 Å². The van der Waals surface area contributed by atoms with Gasteiger partial charge >= 0.3 is 17.9 Å². The number of carbonyl (C=O) groups is 3. The van der Waals surface area contributed by atoms with Crippen molar-refractivity contribution in [1.82, 2.24) is 14.7 Å². The van der Waals surface area contributed by atoms with Crippen LogP contribution in [0.4, 0.5) is 0 Å². The molecule has 3 atom stereocenters. The third-order valence-electron chi connectivity index (χ3n) is 5.36. The number of carbonyl (C=O) groups excluding carboxylic acids is 2. The average molecular weight is 434 g/mol. The number of β-amino-alcohol motifs (C(OH)–C–C–N with tert-alkyl or cyclic N) is 1. The van der Waals surface area contributed by atoms with Crippen molar-refractivity contribution in [1.29, 1.82) is 0 Å². The molecule has 1 rings (SSSR count). The van der Waals surface area contributed by atoms with Crippen molar-refractivity contribution in [2.24, 2.45) is 5.92 Å². The van der Waals surface area contributed by atoms with Gasteiger partial charge in [-0.25, -0.2) is 0 Å². The highest BCUT2D eigenvalue weighted by Gasteiger charge is 2.33. The van der Waals surface area contributed by atoms with Crippen molar-refractivity contribution >= 4 is 17.9 Å². The van der Waals surface area contributed by atoms with Gasteiger partial charge < -0.3 is 24.4 Å². The number of aliphatic hydroxyl groups excluding tert-OH is 1. The summed E-state index contributed by atoms with van der Waals surface area (Å²) >= 11 is 0. The lowest BCUT2D eigenvalue weighted by Gasteiger charge is -2.36. The number of likely N-dealkylation sites (N-methyl/N-ethyl adjacent to an activating group) is 1. The molecule has 11 heteroatoms. The van der Waals surface area contributed by atoms with Crippen LogP contribution < -0.4 is 0 Å². The average Bonchev–Trinajstić information content (AvgIpc) is 2.89. The maximum atomic E-state index is 11.8. The van der Waals surface area contributed by atoms with E-state index in [4.69, 9.17) is 14.2 Å². The predicted molar refractivity (Wildman–Crippen MR) is 107 cm³/mol. The molecule has 1 saturated heterocycles. The number of methoxy groups -OCH3 is 3. The van der Waals surface area contributed by atoms with E-state index in [9.17, 15) is 24.6 Å². The normalized spacial score (nSPS) is 20.4. The van der Waals surface area contributed by atoms with E-state index in [0.29, 0.717) is 32.6 Å². The first-order chi connectivity index (χ1) is 14.2. The number of esters is 2. The summed E-state index contributed by atoms with van der Waals surface area (Å²) < 4.78 is 14.5. The molecule has 0 saturated carbocycles. The third kappa shape index (κ3) is 9.35. The fraction of sp³-hybridized carbons (Fsp3) is 0.842. The van der Waals surface area contributed by atoms with Gasteiger partial charge in [0.2, 0.25) is 0 Å². The molecular weight excluding hydrogens is 398 g/mol. The first-order valence-corrected chi connectivity index (χ1v) is 9.91. The second-order valence-electron chi connectivity index (χ2n) is 7.51. The van der Waals surface area contributed by atoms with Crippen LogP contribution in [-0.4, -0.2) is 129 Å². The van der Waals surface area contributed by atoms with Gasteiger partial charge in [-0.1, -0.05) is 0 Å². The largest absolute Gasteiger partial charge is 0.481 e. The number of aliphatic hydroxyl groups is 1. The summed E-state index contributed by atoms with van der Waals surface area (Å²) in [5, 5.41) is 19.1. The SMILES string of the molecule is COC(=O)CN1CCN(CC(O)OC)CC(C(CCC(=O)O)N(C)CC(=O)OC)C1. The summed E-state index contributed by atoms with van der Waals surface area (Å²) in [4.78, 5) is 40.6. The maximum Gasteiger partial charge on any atom is 0.319 e. The predicted octanol–water partition coefficient (Wildman–Crippen LogP) is -1.30. The Kier molecular flexibility index (Phi) is 11.8. The van der Waals surface area contributed by atoms with Crippen molar-refractivity contribution in [3.63, 3.8) is 0 Å². The second-order valence-corrected chi connectivity index (χ2v) is 7.51. The number of nitrogens with zero attached hydrogens (tertiary/aromatic N) is 3. The molecule has 0 aromatic rings. The third-order valence-corrected chi connectivity index (χ3v) is 5.36. The Morgan fingerprint density at radius 2 is 1.67 bits per heavy atom. The van der Waals surface area contributed by atoms with Crippen LogP contribution in [0.5, 0.6) is 0 Å². The highest BCUT2D eigenvalue weighted by Crippen LogP contribution is 2.22. The Morgan fingerprint density at radius 3 is 2.23 bits per heavy atom. The maximum absolute atomic E-state index is 11.8. The number of ether oxygens (including phenoxy) is 3. The molecule has 0 radical (unpaired) electrons. The number of carboxylic acid groups (broad SMARTS) is 1. The lowest BCUT2D eigenvalue weighted by atomic mass is 9.93. The number of rotatable bonds is 12. The molecule has 0 spiro atoms. The molecule has 1 fully saturated rings. The minimum absolute atomic E-state index is 0.0228. The van der Waals surface area contributed by atoms with E-state index < -0.39 is 18.2 Å². The lowest BCUT2D eigenvalue weighted by molar-refractivity contribution is -0.142. The molecule has 30 heavy (non-hydrogen) atoms. The van der Waals surface area contributed by atoms with Crippen LogP contribution in [0.3, 0.4) is 0 Å². The van der Waals surface area contributed by atoms with Crippen LogP contribution in [0, 0.1) is 5.92 Å². The van der Waals surface area contributed by atoms with Crippen molar-refractivity contribution in [3.8, 4) is 0 Å². The van der Waals surface area contributed by atoms with Gasteiger partial charge in [0.25, 0.3) is 0 Å². The summed E-state index contributed by atoms with van der Waals surface area (Å²) in [6.45, 7) is 2.66. The van der Waals surface area contributed by atoms with Gasteiger partial charge in [-0.05, 0) is 19.4 Å². The molecule has 0 aromatic heterocycles. The molecule has 3 unspecified atom stereocenters. The van der Waals surface area contributed by atoms with Gasteiger partial charge in [-0.15, -0.1) is 0 Å². The Labute approximate surface area is 177 Å².